The second-order valence-corrected chi connectivity index (χ2v) is 7.96. The van der Waals surface area contributed by atoms with E-state index in [4.69, 9.17) is 0 Å². The van der Waals surface area contributed by atoms with Crippen molar-refractivity contribution in [2.45, 2.75) is 43.4 Å². The standard InChI is InChI=1S/C18H18F3N3O2S/c19-11-7-6-10(14(20)15(11)21)16-13-17(22-12(25)8-27-16)24(23-18(13)26)9-4-2-1-3-5-9/h6-7,9,16H,1-5,8H2,(H,22,25)(H,23,26). The number of fused-ring (bicyclic) bond motifs is 1. The van der Waals surface area contributed by atoms with E-state index in [0.29, 0.717) is 5.82 Å². The fourth-order valence-electron chi connectivity index (χ4n) is 3.85. The van der Waals surface area contributed by atoms with Crippen molar-refractivity contribution in [1.29, 1.82) is 0 Å². The first-order valence-electron chi connectivity index (χ1n) is 8.86. The molecule has 1 aromatic carbocycles. The Morgan fingerprint density at radius 1 is 1.04 bits per heavy atom. The van der Waals surface area contributed by atoms with Gasteiger partial charge in [0, 0.05) is 5.56 Å². The monoisotopic (exact) mass is 397 g/mol. The molecule has 2 heterocycles. The molecule has 27 heavy (non-hydrogen) atoms. The first-order valence-corrected chi connectivity index (χ1v) is 9.91. The number of benzene rings is 1. The van der Waals surface area contributed by atoms with Gasteiger partial charge in [-0.05, 0) is 18.9 Å². The van der Waals surface area contributed by atoms with Crippen molar-refractivity contribution in [2.24, 2.45) is 0 Å². The van der Waals surface area contributed by atoms with E-state index in [0.717, 1.165) is 56.0 Å². The quantitative estimate of drug-likeness (QED) is 0.756. The number of H-pyrrole nitrogens is 1. The van der Waals surface area contributed by atoms with Crippen molar-refractivity contribution < 1.29 is 18.0 Å². The van der Waals surface area contributed by atoms with Crippen LogP contribution in [0.5, 0.6) is 0 Å². The number of aromatic nitrogens is 2. The van der Waals surface area contributed by atoms with Crippen LogP contribution in [0.1, 0.15) is 54.5 Å². The number of anilines is 1. The van der Waals surface area contributed by atoms with Crippen LogP contribution in [0.25, 0.3) is 0 Å². The molecule has 0 spiro atoms. The van der Waals surface area contributed by atoms with Gasteiger partial charge < -0.3 is 5.32 Å². The minimum atomic E-state index is -1.58. The topological polar surface area (TPSA) is 66.9 Å². The highest BCUT2D eigenvalue weighted by Gasteiger charge is 2.34. The van der Waals surface area contributed by atoms with Crippen LogP contribution in [0.3, 0.4) is 0 Å². The Labute approximate surface area is 157 Å². The number of nitrogens with zero attached hydrogens (tertiary/aromatic N) is 1. The predicted molar refractivity (Wildman–Crippen MR) is 96.4 cm³/mol. The third-order valence-corrected chi connectivity index (χ3v) is 6.40. The molecule has 0 saturated heterocycles. The van der Waals surface area contributed by atoms with Crippen LogP contribution in [0.4, 0.5) is 19.0 Å². The van der Waals surface area contributed by atoms with Crippen LogP contribution in [-0.2, 0) is 4.79 Å². The van der Waals surface area contributed by atoms with Crippen molar-refractivity contribution in [3.63, 3.8) is 0 Å². The summed E-state index contributed by atoms with van der Waals surface area (Å²) in [6, 6.07) is 2.00. The number of hydrogen-bond acceptors (Lipinski definition) is 3. The van der Waals surface area contributed by atoms with Gasteiger partial charge >= 0.3 is 0 Å². The maximum atomic E-state index is 14.4. The van der Waals surface area contributed by atoms with Crippen molar-refractivity contribution in [2.75, 3.05) is 11.1 Å². The summed E-state index contributed by atoms with van der Waals surface area (Å²) in [4.78, 5) is 24.9. The molecule has 0 radical (unpaired) electrons. The largest absolute Gasteiger partial charge is 0.310 e. The van der Waals surface area contributed by atoms with Gasteiger partial charge in [-0.2, -0.15) is 0 Å². The van der Waals surface area contributed by atoms with E-state index < -0.39 is 28.3 Å². The van der Waals surface area contributed by atoms with Crippen molar-refractivity contribution in [1.82, 2.24) is 9.78 Å². The molecule has 9 heteroatoms. The molecule has 4 rings (SSSR count). The van der Waals surface area contributed by atoms with E-state index in [9.17, 15) is 22.8 Å². The molecule has 144 valence electrons. The van der Waals surface area contributed by atoms with Crippen LogP contribution in [0.15, 0.2) is 16.9 Å². The van der Waals surface area contributed by atoms with Gasteiger partial charge in [-0.3, -0.25) is 19.4 Å². The SMILES string of the molecule is O=C1CSC(c2ccc(F)c(F)c2F)c2c(n(C3CCCCC3)[nH]c2=O)N1. The summed E-state index contributed by atoms with van der Waals surface area (Å²) in [5.41, 5.74) is -0.440. The van der Waals surface area contributed by atoms with Gasteiger partial charge in [0.05, 0.1) is 22.6 Å². The minimum absolute atomic E-state index is 0.0259. The number of carbonyl (C=O) groups is 1. The first-order chi connectivity index (χ1) is 13.0. The van der Waals surface area contributed by atoms with Crippen LogP contribution < -0.4 is 10.9 Å². The van der Waals surface area contributed by atoms with Crippen molar-refractivity contribution in [3.05, 3.63) is 51.1 Å². The lowest BCUT2D eigenvalue weighted by atomic mass is 9.95. The number of hydrogen-bond donors (Lipinski definition) is 2. The van der Waals surface area contributed by atoms with Crippen molar-refractivity contribution in [3.8, 4) is 0 Å². The molecule has 1 amide bonds. The average Bonchev–Trinajstić information content (AvgIpc) is 2.87. The first kappa shape index (κ1) is 18.2. The van der Waals surface area contributed by atoms with E-state index in [1.165, 1.54) is 0 Å². The number of carbonyl (C=O) groups excluding carboxylic acids is 1. The molecule has 1 saturated carbocycles. The van der Waals surface area contributed by atoms with Gasteiger partial charge in [0.15, 0.2) is 17.5 Å². The number of amides is 1. The average molecular weight is 397 g/mol. The Morgan fingerprint density at radius 2 is 1.78 bits per heavy atom. The van der Waals surface area contributed by atoms with Crippen molar-refractivity contribution >= 4 is 23.5 Å². The number of rotatable bonds is 2. The molecule has 1 aliphatic heterocycles. The molecule has 1 fully saturated rings. The highest BCUT2D eigenvalue weighted by molar-refractivity contribution is 8.00. The number of halogens is 3. The summed E-state index contributed by atoms with van der Waals surface area (Å²) in [6.45, 7) is 0. The summed E-state index contributed by atoms with van der Waals surface area (Å²) in [7, 11) is 0. The molecule has 1 unspecified atom stereocenters. The summed E-state index contributed by atoms with van der Waals surface area (Å²) in [6.07, 6.45) is 4.89. The molecule has 0 bridgehead atoms. The number of thioether (sulfide) groups is 1. The van der Waals surface area contributed by atoms with Crippen LogP contribution in [-0.4, -0.2) is 21.4 Å². The fourth-order valence-corrected chi connectivity index (χ4v) is 4.98. The Kier molecular flexibility index (Phi) is 4.79. The molecule has 2 aromatic rings. The Morgan fingerprint density at radius 3 is 2.52 bits per heavy atom. The van der Waals surface area contributed by atoms with Gasteiger partial charge in [0.25, 0.3) is 5.56 Å². The number of aromatic amines is 1. The Bertz CT molecular complexity index is 950. The maximum absolute atomic E-state index is 14.4. The smallest absolute Gasteiger partial charge is 0.270 e. The molecule has 1 aromatic heterocycles. The zero-order chi connectivity index (χ0) is 19.1. The highest BCUT2D eigenvalue weighted by Crippen LogP contribution is 2.42. The van der Waals surface area contributed by atoms with E-state index in [1.807, 2.05) is 0 Å². The summed E-state index contributed by atoms with van der Waals surface area (Å²) in [5.74, 6) is -4.26. The van der Waals surface area contributed by atoms with E-state index in [1.54, 1.807) is 4.68 Å². The molecule has 1 atom stereocenters. The second kappa shape index (κ2) is 7.10. The van der Waals surface area contributed by atoms with Gasteiger partial charge in [-0.1, -0.05) is 25.3 Å². The third-order valence-electron chi connectivity index (χ3n) is 5.15. The summed E-state index contributed by atoms with van der Waals surface area (Å²) < 4.78 is 43.2. The lowest BCUT2D eigenvalue weighted by Crippen LogP contribution is -2.21. The zero-order valence-electron chi connectivity index (χ0n) is 14.4. The van der Waals surface area contributed by atoms with E-state index in [2.05, 4.69) is 10.4 Å². The van der Waals surface area contributed by atoms with Gasteiger partial charge in [0.2, 0.25) is 5.91 Å². The normalized spacial score (nSPS) is 20.9. The molecule has 2 aliphatic rings. The van der Waals surface area contributed by atoms with Crippen LogP contribution >= 0.6 is 11.8 Å². The Hall–Kier alpha value is -2.16. The summed E-state index contributed by atoms with van der Waals surface area (Å²) in [5, 5.41) is 4.58. The molecule has 5 nitrogen and oxygen atoms in total. The lowest BCUT2D eigenvalue weighted by Gasteiger charge is -2.24. The van der Waals surface area contributed by atoms with Gasteiger partial charge in [-0.25, -0.2) is 13.2 Å². The van der Waals surface area contributed by atoms with Crippen LogP contribution in [0, 0.1) is 17.5 Å². The molecule has 1 aliphatic carbocycles. The number of nitrogens with one attached hydrogen (secondary N) is 2. The minimum Gasteiger partial charge on any atom is -0.310 e. The fraction of sp³-hybridized carbons (Fsp3) is 0.444. The van der Waals surface area contributed by atoms with Gasteiger partial charge in [0.1, 0.15) is 5.82 Å². The molecular formula is C18H18F3N3O2S. The van der Waals surface area contributed by atoms with Crippen LogP contribution in [0.2, 0.25) is 0 Å². The zero-order valence-corrected chi connectivity index (χ0v) is 15.2. The van der Waals surface area contributed by atoms with E-state index >= 15 is 0 Å². The molecule has 2 N–H and O–H groups in total. The summed E-state index contributed by atoms with van der Waals surface area (Å²) >= 11 is 1.02. The van der Waals surface area contributed by atoms with Gasteiger partial charge in [-0.15, -0.1) is 11.8 Å². The predicted octanol–water partition coefficient (Wildman–Crippen LogP) is 3.87. The molecular weight excluding hydrogens is 379 g/mol. The van der Waals surface area contributed by atoms with E-state index in [-0.39, 0.29) is 28.8 Å². The Balaban J connectivity index is 1.86. The third kappa shape index (κ3) is 3.18. The second-order valence-electron chi connectivity index (χ2n) is 6.87. The highest BCUT2D eigenvalue weighted by atomic mass is 32.2. The lowest BCUT2D eigenvalue weighted by molar-refractivity contribution is -0.113. The maximum Gasteiger partial charge on any atom is 0.270 e.